The maximum absolute atomic E-state index is 11.1. The van der Waals surface area contributed by atoms with E-state index in [-0.39, 0.29) is 0 Å². The molecule has 2 aromatic rings. The highest BCUT2D eigenvalue weighted by atomic mass is 16.5. The second-order valence-corrected chi connectivity index (χ2v) is 7.34. The third kappa shape index (κ3) is 3.27. The van der Waals surface area contributed by atoms with Gasteiger partial charge in [-0.3, -0.25) is 0 Å². The number of allylic oxidation sites excluding steroid dienone is 1. The second kappa shape index (κ2) is 6.85. The molecule has 0 spiro atoms. The molecule has 1 atom stereocenters. The number of hydrogen-bond acceptors (Lipinski definition) is 6. The maximum Gasteiger partial charge on any atom is 0.257 e. The molecule has 3 fully saturated rings. The number of piperidine rings is 3. The fourth-order valence-electron chi connectivity index (χ4n) is 4.05. The summed E-state index contributed by atoms with van der Waals surface area (Å²) in [6, 6.07) is 5.80. The van der Waals surface area contributed by atoms with Gasteiger partial charge in [-0.15, -0.1) is 0 Å². The van der Waals surface area contributed by atoms with Crippen molar-refractivity contribution in [1.82, 2.24) is 15.0 Å². The lowest BCUT2D eigenvalue weighted by molar-refractivity contribution is -0.131. The van der Waals surface area contributed by atoms with Crippen molar-refractivity contribution in [2.75, 3.05) is 26.2 Å². The second-order valence-electron chi connectivity index (χ2n) is 7.34. The van der Waals surface area contributed by atoms with E-state index in [9.17, 15) is 5.11 Å². The first kappa shape index (κ1) is 17.2. The van der Waals surface area contributed by atoms with E-state index in [0.29, 0.717) is 30.8 Å². The summed E-state index contributed by atoms with van der Waals surface area (Å²) in [6.45, 7) is 6.97. The van der Waals surface area contributed by atoms with E-state index >= 15 is 0 Å². The van der Waals surface area contributed by atoms with Crippen LogP contribution in [0.5, 0.6) is 5.75 Å². The van der Waals surface area contributed by atoms with Crippen LogP contribution in [0.3, 0.4) is 0 Å². The van der Waals surface area contributed by atoms with Crippen LogP contribution in [0, 0.1) is 12.8 Å². The van der Waals surface area contributed by atoms with Gasteiger partial charge in [0.1, 0.15) is 18.0 Å². The van der Waals surface area contributed by atoms with Gasteiger partial charge in [0.2, 0.25) is 0 Å². The first-order chi connectivity index (χ1) is 12.6. The summed E-state index contributed by atoms with van der Waals surface area (Å²) < 4.78 is 11.3. The molecule has 2 bridgehead atoms. The minimum Gasteiger partial charge on any atom is -0.490 e. The molecule has 1 unspecified atom stereocenters. The van der Waals surface area contributed by atoms with Crippen LogP contribution in [0.2, 0.25) is 0 Å². The summed E-state index contributed by atoms with van der Waals surface area (Å²) in [7, 11) is 0. The van der Waals surface area contributed by atoms with Crippen molar-refractivity contribution in [2.45, 2.75) is 32.3 Å². The highest BCUT2D eigenvalue weighted by molar-refractivity contribution is 5.66. The zero-order valence-electron chi connectivity index (χ0n) is 15.3. The fourth-order valence-corrected chi connectivity index (χ4v) is 4.05. The topological polar surface area (TPSA) is 71.6 Å². The Morgan fingerprint density at radius 1 is 1.38 bits per heavy atom. The van der Waals surface area contributed by atoms with Crippen molar-refractivity contribution in [2.24, 2.45) is 5.92 Å². The molecule has 138 valence electrons. The third-order valence-corrected chi connectivity index (χ3v) is 5.45. The number of hydrogen-bond donors (Lipinski definition) is 1. The summed E-state index contributed by atoms with van der Waals surface area (Å²) in [5.74, 6) is 2.19. The molecular weight excluding hydrogens is 330 g/mol. The Labute approximate surface area is 153 Å². The highest BCUT2D eigenvalue weighted by Gasteiger charge is 2.46. The summed E-state index contributed by atoms with van der Waals surface area (Å²) in [5.41, 5.74) is 1.03. The molecule has 0 saturated carbocycles. The number of ether oxygens (including phenoxy) is 1. The minimum atomic E-state index is -0.758. The summed E-state index contributed by atoms with van der Waals surface area (Å²) >= 11 is 0. The Morgan fingerprint density at radius 2 is 2.19 bits per heavy atom. The van der Waals surface area contributed by atoms with Crippen molar-refractivity contribution in [3.8, 4) is 17.2 Å². The van der Waals surface area contributed by atoms with Crippen LogP contribution >= 0.6 is 0 Å². The molecule has 0 amide bonds. The highest BCUT2D eigenvalue weighted by Crippen LogP contribution is 2.36. The first-order valence-corrected chi connectivity index (χ1v) is 9.22. The average molecular weight is 355 g/mol. The molecule has 26 heavy (non-hydrogen) atoms. The monoisotopic (exact) mass is 355 g/mol. The van der Waals surface area contributed by atoms with Gasteiger partial charge in [0, 0.05) is 17.7 Å². The van der Waals surface area contributed by atoms with E-state index in [1.54, 1.807) is 6.92 Å². The van der Waals surface area contributed by atoms with Crippen LogP contribution in [0.1, 0.15) is 31.2 Å². The van der Waals surface area contributed by atoms with Crippen molar-refractivity contribution >= 4 is 6.08 Å². The van der Waals surface area contributed by atoms with Gasteiger partial charge >= 0.3 is 0 Å². The molecule has 1 aromatic carbocycles. The molecule has 0 aliphatic carbocycles. The number of rotatable bonds is 5. The third-order valence-electron chi connectivity index (χ3n) is 5.45. The summed E-state index contributed by atoms with van der Waals surface area (Å²) in [6.07, 6.45) is 6.06. The molecule has 4 heterocycles. The SMILES string of the molecule is C/C=C/c1cc(-c2nc(C)no2)ccc1OCC1(O)CN2CCC1CC2. The lowest BCUT2D eigenvalue weighted by Gasteiger charge is -2.50. The van der Waals surface area contributed by atoms with Crippen LogP contribution in [0.4, 0.5) is 0 Å². The largest absolute Gasteiger partial charge is 0.490 e. The molecular formula is C20H25N3O3. The molecule has 3 saturated heterocycles. The normalized spacial score (nSPS) is 28.0. The molecule has 6 heteroatoms. The average Bonchev–Trinajstić information content (AvgIpc) is 3.08. The molecule has 5 rings (SSSR count). The molecule has 1 aromatic heterocycles. The van der Waals surface area contributed by atoms with Crippen LogP contribution in [0.15, 0.2) is 28.8 Å². The Balaban J connectivity index is 1.54. The summed E-state index contributed by atoms with van der Waals surface area (Å²) in [4.78, 5) is 6.61. The van der Waals surface area contributed by atoms with Crippen molar-refractivity contribution in [3.63, 3.8) is 0 Å². The zero-order chi connectivity index (χ0) is 18.1. The maximum atomic E-state index is 11.1. The van der Waals surface area contributed by atoms with Crippen LogP contribution in [-0.4, -0.2) is 52.0 Å². The van der Waals surface area contributed by atoms with E-state index in [1.165, 1.54) is 0 Å². The van der Waals surface area contributed by atoms with Gasteiger partial charge in [-0.2, -0.15) is 4.98 Å². The van der Waals surface area contributed by atoms with Crippen molar-refractivity contribution in [3.05, 3.63) is 35.7 Å². The molecule has 6 nitrogen and oxygen atoms in total. The van der Waals surface area contributed by atoms with E-state index in [2.05, 4.69) is 15.0 Å². The lowest BCUT2D eigenvalue weighted by Crippen LogP contribution is -2.61. The number of aromatic nitrogens is 2. The molecule has 0 radical (unpaired) electrons. The van der Waals surface area contributed by atoms with Crippen molar-refractivity contribution in [1.29, 1.82) is 0 Å². The number of nitrogens with zero attached hydrogens (tertiary/aromatic N) is 3. The van der Waals surface area contributed by atoms with Gasteiger partial charge in [-0.05, 0) is 63.9 Å². The zero-order valence-corrected chi connectivity index (χ0v) is 15.3. The van der Waals surface area contributed by atoms with E-state index in [4.69, 9.17) is 9.26 Å². The standard InChI is InChI=1S/C20H25N3O3/c1-3-4-15-11-16(19-21-14(2)22-26-19)5-6-18(15)25-13-20(24)12-23-9-7-17(20)8-10-23/h3-6,11,17,24H,7-10,12-13H2,1-2H3/b4-3+. The van der Waals surface area contributed by atoms with Gasteiger partial charge in [0.25, 0.3) is 5.89 Å². The lowest BCUT2D eigenvalue weighted by atomic mass is 9.76. The van der Waals surface area contributed by atoms with Crippen molar-refractivity contribution < 1.29 is 14.4 Å². The van der Waals surface area contributed by atoms with Crippen LogP contribution in [-0.2, 0) is 0 Å². The number of aryl methyl sites for hydroxylation is 1. The predicted molar refractivity (Wildman–Crippen MR) is 98.8 cm³/mol. The number of benzene rings is 1. The number of fused-ring (bicyclic) bond motifs is 3. The molecule has 1 N–H and O–H groups in total. The quantitative estimate of drug-likeness (QED) is 0.889. The molecule has 3 aliphatic rings. The van der Waals surface area contributed by atoms with Gasteiger partial charge in [-0.1, -0.05) is 17.3 Å². The van der Waals surface area contributed by atoms with E-state index in [1.807, 2.05) is 37.3 Å². The van der Waals surface area contributed by atoms with Gasteiger partial charge in [-0.25, -0.2) is 0 Å². The Bertz CT molecular complexity index is 808. The minimum absolute atomic E-state index is 0.317. The number of aliphatic hydroxyl groups is 1. The molecule has 3 aliphatic heterocycles. The first-order valence-electron chi connectivity index (χ1n) is 9.22. The Hall–Kier alpha value is -2.18. The van der Waals surface area contributed by atoms with Gasteiger partial charge < -0.3 is 19.3 Å². The van der Waals surface area contributed by atoms with Crippen LogP contribution in [0.25, 0.3) is 17.5 Å². The fraction of sp³-hybridized carbons (Fsp3) is 0.500. The Kier molecular flexibility index (Phi) is 4.54. The predicted octanol–water partition coefficient (Wildman–Crippen LogP) is 2.91. The van der Waals surface area contributed by atoms with Crippen LogP contribution < -0.4 is 4.74 Å². The van der Waals surface area contributed by atoms with E-state index < -0.39 is 5.60 Å². The van der Waals surface area contributed by atoms with Gasteiger partial charge in [0.05, 0.1) is 0 Å². The smallest absolute Gasteiger partial charge is 0.257 e. The van der Waals surface area contributed by atoms with Gasteiger partial charge in [0.15, 0.2) is 5.82 Å². The summed E-state index contributed by atoms with van der Waals surface area (Å²) in [5, 5.41) is 14.9. The van der Waals surface area contributed by atoms with E-state index in [0.717, 1.165) is 42.8 Å². The Morgan fingerprint density at radius 3 is 2.81 bits per heavy atom.